The lowest BCUT2D eigenvalue weighted by Gasteiger charge is -2.21. The Kier molecular flexibility index (Phi) is 11.5. The minimum Gasteiger partial charge on any atom is -0.493 e. The number of sulfone groups is 1. The van der Waals surface area contributed by atoms with Crippen LogP contribution in [0.3, 0.4) is 0 Å². The van der Waals surface area contributed by atoms with Gasteiger partial charge in [-0.15, -0.1) is 0 Å². The van der Waals surface area contributed by atoms with Gasteiger partial charge in [-0.05, 0) is 61.6 Å². The van der Waals surface area contributed by atoms with E-state index in [1.807, 2.05) is 19.1 Å². The van der Waals surface area contributed by atoms with E-state index in [-0.39, 0.29) is 23.4 Å². The molecule has 0 amide bonds. The first-order chi connectivity index (χ1) is 20.7. The predicted molar refractivity (Wildman–Crippen MR) is 163 cm³/mol. The molecule has 236 valence electrons. The number of hydrogen-bond donors (Lipinski definition) is 2. The number of nitrogens with one attached hydrogen (secondary N) is 1. The molecule has 11 nitrogen and oxygen atoms in total. The number of nitrogens with zero attached hydrogens (tertiary/aromatic N) is 1. The summed E-state index contributed by atoms with van der Waals surface area (Å²) in [6.07, 6.45) is 3.65. The number of aliphatic hydroxyl groups excluding tert-OH is 1. The number of aromatic nitrogens is 2. The van der Waals surface area contributed by atoms with Crippen LogP contribution in [0.1, 0.15) is 56.4 Å². The first kappa shape index (κ1) is 32.8. The summed E-state index contributed by atoms with van der Waals surface area (Å²) >= 11 is 1.49. The average molecular weight is 637 g/mol. The van der Waals surface area contributed by atoms with Gasteiger partial charge in [0, 0.05) is 18.1 Å². The van der Waals surface area contributed by atoms with E-state index in [1.54, 1.807) is 45.9 Å². The van der Waals surface area contributed by atoms with Crippen LogP contribution in [0.15, 0.2) is 46.7 Å². The van der Waals surface area contributed by atoms with Crippen molar-refractivity contribution in [3.8, 4) is 28.7 Å². The third kappa shape index (κ3) is 8.08. The Morgan fingerprint density at radius 2 is 1.63 bits per heavy atom. The molecule has 0 saturated carbocycles. The second-order valence-corrected chi connectivity index (χ2v) is 13.2. The van der Waals surface area contributed by atoms with E-state index in [0.29, 0.717) is 60.2 Å². The molecule has 1 aromatic heterocycles. The summed E-state index contributed by atoms with van der Waals surface area (Å²) in [7, 11) is 0.742. The minimum absolute atomic E-state index is 0.0205. The number of H-pyrrole nitrogens is 1. The van der Waals surface area contributed by atoms with Crippen LogP contribution in [0.4, 0.5) is 0 Å². The van der Waals surface area contributed by atoms with Gasteiger partial charge in [-0.25, -0.2) is 13.4 Å². The molecule has 1 saturated heterocycles. The van der Waals surface area contributed by atoms with Crippen LogP contribution in [-0.2, 0) is 14.6 Å². The first-order valence-electron chi connectivity index (χ1n) is 14.1. The predicted octanol–water partition coefficient (Wildman–Crippen LogP) is 5.14. The molecule has 0 radical (unpaired) electrons. The lowest BCUT2D eigenvalue weighted by molar-refractivity contribution is 0.0435. The van der Waals surface area contributed by atoms with Crippen molar-refractivity contribution in [2.75, 3.05) is 46.0 Å². The summed E-state index contributed by atoms with van der Waals surface area (Å²) in [6, 6.07) is 7.11. The summed E-state index contributed by atoms with van der Waals surface area (Å²) < 4.78 is 62.2. The van der Waals surface area contributed by atoms with Gasteiger partial charge in [0.25, 0.3) is 0 Å². The first-order valence-corrected chi connectivity index (χ1v) is 16.8. The number of benzene rings is 2. The van der Waals surface area contributed by atoms with Gasteiger partial charge in [-0.1, -0.05) is 18.7 Å². The second-order valence-electron chi connectivity index (χ2n) is 10.1. The molecule has 1 aliphatic heterocycles. The van der Waals surface area contributed by atoms with Gasteiger partial charge in [0.05, 0.1) is 58.6 Å². The number of aromatic amines is 1. The van der Waals surface area contributed by atoms with Crippen molar-refractivity contribution in [2.24, 2.45) is 0 Å². The molecule has 1 unspecified atom stereocenters. The molecule has 4 rings (SSSR count). The second kappa shape index (κ2) is 15.0. The fourth-order valence-corrected chi connectivity index (χ4v) is 7.13. The Bertz CT molecular complexity index is 1420. The summed E-state index contributed by atoms with van der Waals surface area (Å²) in [6.45, 7) is 3.97. The molecule has 2 aromatic carbocycles. The highest BCUT2D eigenvalue weighted by Crippen LogP contribution is 2.48. The zero-order chi connectivity index (χ0) is 31.0. The van der Waals surface area contributed by atoms with E-state index in [0.717, 1.165) is 10.7 Å². The molecule has 0 spiro atoms. The summed E-state index contributed by atoms with van der Waals surface area (Å²) in [5.41, 5.74) is 1.50. The topological polar surface area (TPSA) is 138 Å². The molecule has 1 fully saturated rings. The van der Waals surface area contributed by atoms with Gasteiger partial charge in [-0.2, -0.15) is 0 Å². The Hall–Kier alpha value is -3.13. The summed E-state index contributed by atoms with van der Waals surface area (Å²) in [5, 5.41) is 10.8. The van der Waals surface area contributed by atoms with Crippen molar-refractivity contribution in [1.29, 1.82) is 0 Å². The van der Waals surface area contributed by atoms with Gasteiger partial charge < -0.3 is 38.5 Å². The van der Waals surface area contributed by atoms with Crippen LogP contribution < -0.4 is 23.7 Å². The number of ether oxygens (including phenoxy) is 6. The third-order valence-corrected chi connectivity index (χ3v) is 9.55. The molecular weight excluding hydrogens is 596 g/mol. The minimum atomic E-state index is -3.93. The largest absolute Gasteiger partial charge is 0.493 e. The molecule has 3 atom stereocenters. The molecule has 0 bridgehead atoms. The maximum absolute atomic E-state index is 13.5. The number of aliphatic hydroxyl groups is 1. The van der Waals surface area contributed by atoms with Crippen LogP contribution in [-0.4, -0.2) is 75.6 Å². The standard InChI is InChI=1S/C30H40N2O9S2/c1-6-11-40-29-26(39-12-13-42-30-31-9-10-32-30)16-21(17-27(29)43(34,35)18-19(2)33)23-8-7-22(41-23)20-14-24(36-3)28(38-5)25(15-20)37-4/h9-10,14-17,19,22-23,33H,6-8,11-13,18H2,1-5H3,(H,31,32)/t19?,22-,23-/m1/s1. The van der Waals surface area contributed by atoms with Crippen LogP contribution >= 0.6 is 11.8 Å². The summed E-state index contributed by atoms with van der Waals surface area (Å²) in [4.78, 5) is 7.22. The SMILES string of the molecule is CCCOc1c(OCCSc2ncc[nH]2)cc([C@H]2CC[C@H](c3cc(OC)c(OC)c(OC)c3)O2)cc1S(=O)(=O)CC(C)O. The van der Waals surface area contributed by atoms with Crippen molar-refractivity contribution in [3.63, 3.8) is 0 Å². The van der Waals surface area contributed by atoms with E-state index in [9.17, 15) is 13.5 Å². The maximum atomic E-state index is 13.5. The van der Waals surface area contributed by atoms with Crippen molar-refractivity contribution in [2.45, 2.75) is 61.5 Å². The normalized spacial score (nSPS) is 17.4. The van der Waals surface area contributed by atoms with Crippen molar-refractivity contribution < 1.29 is 41.9 Å². The highest BCUT2D eigenvalue weighted by molar-refractivity contribution is 7.99. The molecule has 2 N–H and O–H groups in total. The number of imidazole rings is 1. The van der Waals surface area contributed by atoms with Gasteiger partial charge in [0.15, 0.2) is 38.0 Å². The van der Waals surface area contributed by atoms with Crippen LogP contribution in [0, 0.1) is 0 Å². The molecular formula is C30H40N2O9S2. The van der Waals surface area contributed by atoms with Crippen molar-refractivity contribution in [1.82, 2.24) is 9.97 Å². The van der Waals surface area contributed by atoms with E-state index >= 15 is 0 Å². The zero-order valence-electron chi connectivity index (χ0n) is 25.1. The van der Waals surface area contributed by atoms with E-state index in [1.165, 1.54) is 18.7 Å². The fourth-order valence-electron chi connectivity index (χ4n) is 4.91. The van der Waals surface area contributed by atoms with Crippen LogP contribution in [0.5, 0.6) is 28.7 Å². The Morgan fingerprint density at radius 3 is 2.19 bits per heavy atom. The fraction of sp³-hybridized carbons (Fsp3) is 0.500. The average Bonchev–Trinajstić information content (AvgIpc) is 3.70. The molecule has 43 heavy (non-hydrogen) atoms. The monoisotopic (exact) mass is 636 g/mol. The quantitative estimate of drug-likeness (QED) is 0.160. The molecule has 13 heteroatoms. The third-order valence-electron chi connectivity index (χ3n) is 6.79. The number of hydrogen-bond acceptors (Lipinski definition) is 11. The van der Waals surface area contributed by atoms with Gasteiger partial charge in [-0.3, -0.25) is 0 Å². The van der Waals surface area contributed by atoms with Crippen molar-refractivity contribution in [3.05, 3.63) is 47.8 Å². The highest BCUT2D eigenvalue weighted by atomic mass is 32.2. The molecule has 3 aromatic rings. The number of rotatable bonds is 16. The van der Waals surface area contributed by atoms with Crippen molar-refractivity contribution >= 4 is 21.6 Å². The smallest absolute Gasteiger partial charge is 0.203 e. The molecule has 1 aliphatic rings. The Labute approximate surface area is 257 Å². The zero-order valence-corrected chi connectivity index (χ0v) is 26.8. The van der Waals surface area contributed by atoms with Crippen LogP contribution in [0.2, 0.25) is 0 Å². The Morgan fingerprint density at radius 1 is 0.977 bits per heavy atom. The van der Waals surface area contributed by atoms with E-state index in [2.05, 4.69) is 9.97 Å². The summed E-state index contributed by atoms with van der Waals surface area (Å²) in [5.74, 6) is 2.12. The van der Waals surface area contributed by atoms with E-state index in [4.69, 9.17) is 28.4 Å². The van der Waals surface area contributed by atoms with Gasteiger partial charge >= 0.3 is 0 Å². The lowest BCUT2D eigenvalue weighted by Crippen LogP contribution is -2.19. The van der Waals surface area contributed by atoms with E-state index < -0.39 is 27.8 Å². The molecule has 2 heterocycles. The lowest BCUT2D eigenvalue weighted by atomic mass is 10.0. The van der Waals surface area contributed by atoms with Gasteiger partial charge in [0.2, 0.25) is 5.75 Å². The highest BCUT2D eigenvalue weighted by Gasteiger charge is 2.33. The van der Waals surface area contributed by atoms with Crippen LogP contribution in [0.25, 0.3) is 0 Å². The maximum Gasteiger partial charge on any atom is 0.203 e. The number of methoxy groups -OCH3 is 3. The van der Waals surface area contributed by atoms with Gasteiger partial charge in [0.1, 0.15) is 4.90 Å². The molecule has 0 aliphatic carbocycles. The Balaban J connectivity index is 1.67. The number of thioether (sulfide) groups is 1.